The van der Waals surface area contributed by atoms with Crippen LogP contribution in [0.5, 0.6) is 0 Å². The number of carbonyl (C=O) groups is 2. The van der Waals surface area contributed by atoms with E-state index in [0.717, 1.165) is 0 Å². The van der Waals surface area contributed by atoms with Gasteiger partial charge in [-0.05, 0) is 5.56 Å². The van der Waals surface area contributed by atoms with E-state index >= 15 is 0 Å². The normalized spacial score (nSPS) is 13.1. The lowest BCUT2D eigenvalue weighted by molar-refractivity contribution is -0.171. The zero-order valence-corrected chi connectivity index (χ0v) is 9.28. The Kier molecular flexibility index (Phi) is 4.47. The number of carboxylic acids is 1. The number of Topliss-reactive ketones (excluding diaryl/α,β-unsaturated/α-hetero) is 1. The number of halogens is 3. The quantitative estimate of drug-likeness (QED) is 0.885. The predicted molar refractivity (Wildman–Crippen MR) is 57.1 cm³/mol. The molecule has 98 valence electrons. The lowest BCUT2D eigenvalue weighted by Crippen LogP contribution is -2.25. The van der Waals surface area contributed by atoms with Crippen molar-refractivity contribution in [2.24, 2.45) is 0 Å². The van der Waals surface area contributed by atoms with Crippen molar-refractivity contribution < 1.29 is 27.9 Å². The molecule has 1 aromatic carbocycles. The van der Waals surface area contributed by atoms with Crippen LogP contribution in [0.4, 0.5) is 13.2 Å². The second kappa shape index (κ2) is 5.66. The second-order valence-corrected chi connectivity index (χ2v) is 3.83. The van der Waals surface area contributed by atoms with Gasteiger partial charge in [-0.3, -0.25) is 9.59 Å². The Balaban J connectivity index is 2.87. The summed E-state index contributed by atoms with van der Waals surface area (Å²) in [4.78, 5) is 21.5. The first-order valence-electron chi connectivity index (χ1n) is 5.17. The zero-order chi connectivity index (χ0) is 13.8. The van der Waals surface area contributed by atoms with E-state index in [2.05, 4.69) is 0 Å². The van der Waals surface area contributed by atoms with Crippen molar-refractivity contribution >= 4 is 11.8 Å². The van der Waals surface area contributed by atoms with Crippen molar-refractivity contribution in [1.29, 1.82) is 0 Å². The van der Waals surface area contributed by atoms with Gasteiger partial charge < -0.3 is 5.11 Å². The van der Waals surface area contributed by atoms with Gasteiger partial charge in [0.1, 0.15) is 0 Å². The molecule has 6 heteroatoms. The zero-order valence-electron chi connectivity index (χ0n) is 9.28. The molecule has 0 bridgehead atoms. The summed E-state index contributed by atoms with van der Waals surface area (Å²) in [5.74, 6) is -4.10. The number of rotatable bonds is 5. The van der Waals surface area contributed by atoms with Gasteiger partial charge in [0.05, 0.1) is 6.42 Å². The fourth-order valence-corrected chi connectivity index (χ4v) is 1.58. The lowest BCUT2D eigenvalue weighted by atomic mass is 9.90. The number of hydrogen-bond donors (Lipinski definition) is 1. The molecular formula is C12H11F3O3. The van der Waals surface area contributed by atoms with Crippen molar-refractivity contribution in [1.82, 2.24) is 0 Å². The van der Waals surface area contributed by atoms with Gasteiger partial charge in [0.2, 0.25) is 5.78 Å². The molecule has 0 saturated heterocycles. The third-order valence-electron chi connectivity index (χ3n) is 2.44. The average molecular weight is 260 g/mol. The molecule has 0 fully saturated rings. The first-order valence-corrected chi connectivity index (χ1v) is 5.17. The van der Waals surface area contributed by atoms with E-state index in [1.54, 1.807) is 18.2 Å². The minimum absolute atomic E-state index is 0.414. The number of alkyl halides is 3. The summed E-state index contributed by atoms with van der Waals surface area (Å²) >= 11 is 0. The fraction of sp³-hybridized carbons (Fsp3) is 0.333. The molecule has 0 amide bonds. The van der Waals surface area contributed by atoms with Crippen LogP contribution in [-0.4, -0.2) is 23.0 Å². The molecule has 1 atom stereocenters. The van der Waals surface area contributed by atoms with Crippen molar-refractivity contribution in [3.05, 3.63) is 35.9 Å². The molecule has 1 aromatic rings. The summed E-state index contributed by atoms with van der Waals surface area (Å²) in [6.07, 6.45) is -6.28. The third kappa shape index (κ3) is 4.20. The van der Waals surface area contributed by atoms with Crippen LogP contribution in [0.2, 0.25) is 0 Å². The minimum atomic E-state index is -4.93. The maximum atomic E-state index is 12.2. The van der Waals surface area contributed by atoms with Crippen molar-refractivity contribution in [3.8, 4) is 0 Å². The van der Waals surface area contributed by atoms with E-state index in [4.69, 9.17) is 5.11 Å². The minimum Gasteiger partial charge on any atom is -0.481 e. The van der Waals surface area contributed by atoms with Gasteiger partial charge >= 0.3 is 12.1 Å². The van der Waals surface area contributed by atoms with Gasteiger partial charge in [0, 0.05) is 12.3 Å². The van der Waals surface area contributed by atoms with E-state index < -0.39 is 36.7 Å². The van der Waals surface area contributed by atoms with Gasteiger partial charge in [-0.1, -0.05) is 30.3 Å². The van der Waals surface area contributed by atoms with E-state index in [9.17, 15) is 22.8 Å². The first-order chi connectivity index (χ1) is 8.30. The molecule has 18 heavy (non-hydrogen) atoms. The maximum absolute atomic E-state index is 12.2. The average Bonchev–Trinajstić information content (AvgIpc) is 2.27. The molecule has 0 unspecified atom stereocenters. The molecule has 0 aliphatic heterocycles. The highest BCUT2D eigenvalue weighted by Gasteiger charge is 2.39. The van der Waals surface area contributed by atoms with Crippen LogP contribution in [0.3, 0.4) is 0 Å². The number of carboxylic acid groups (broad SMARTS) is 1. The van der Waals surface area contributed by atoms with Gasteiger partial charge in [-0.15, -0.1) is 0 Å². The third-order valence-corrected chi connectivity index (χ3v) is 2.44. The molecule has 0 aliphatic rings. The smallest absolute Gasteiger partial charge is 0.449 e. The van der Waals surface area contributed by atoms with E-state index in [1.807, 2.05) is 0 Å². The Hall–Kier alpha value is -1.85. The molecule has 1 N–H and O–H groups in total. The number of carbonyl (C=O) groups excluding carboxylic acids is 1. The lowest BCUT2D eigenvalue weighted by Gasteiger charge is -2.15. The summed E-state index contributed by atoms with van der Waals surface area (Å²) in [7, 11) is 0. The highest BCUT2D eigenvalue weighted by atomic mass is 19.4. The van der Waals surface area contributed by atoms with Crippen molar-refractivity contribution in [2.75, 3.05) is 0 Å². The molecule has 0 spiro atoms. The molecule has 1 rings (SSSR count). The summed E-state index contributed by atoms with van der Waals surface area (Å²) in [5, 5.41) is 8.67. The van der Waals surface area contributed by atoms with Crippen LogP contribution in [0.1, 0.15) is 24.3 Å². The molecule has 0 heterocycles. The predicted octanol–water partition coefficient (Wildman–Crippen LogP) is 2.77. The van der Waals surface area contributed by atoms with Crippen LogP contribution >= 0.6 is 0 Å². The number of ketones is 1. The molecule has 0 saturated carbocycles. The first kappa shape index (κ1) is 14.2. The number of aliphatic carboxylic acids is 1. The van der Waals surface area contributed by atoms with E-state index in [0.29, 0.717) is 5.56 Å². The summed E-state index contributed by atoms with van der Waals surface area (Å²) in [5.41, 5.74) is 0.414. The maximum Gasteiger partial charge on any atom is 0.449 e. The highest BCUT2D eigenvalue weighted by Crippen LogP contribution is 2.28. The monoisotopic (exact) mass is 260 g/mol. The van der Waals surface area contributed by atoms with Crippen LogP contribution in [0.25, 0.3) is 0 Å². The Bertz CT molecular complexity index is 426. The number of benzene rings is 1. The summed E-state index contributed by atoms with van der Waals surface area (Å²) in [6.45, 7) is 0. The topological polar surface area (TPSA) is 54.4 Å². The van der Waals surface area contributed by atoms with E-state index in [1.165, 1.54) is 12.1 Å². The van der Waals surface area contributed by atoms with Crippen molar-refractivity contribution in [2.45, 2.75) is 24.9 Å². The van der Waals surface area contributed by atoms with Crippen molar-refractivity contribution in [3.63, 3.8) is 0 Å². The number of hydrogen-bond acceptors (Lipinski definition) is 2. The van der Waals surface area contributed by atoms with Crippen LogP contribution in [0, 0.1) is 0 Å². The van der Waals surface area contributed by atoms with Gasteiger partial charge in [0.25, 0.3) is 0 Å². The fourth-order valence-electron chi connectivity index (χ4n) is 1.58. The summed E-state index contributed by atoms with van der Waals surface area (Å²) in [6, 6.07) is 7.85. The Labute approximate surface area is 101 Å². The van der Waals surface area contributed by atoms with Gasteiger partial charge in [-0.2, -0.15) is 13.2 Å². The molecule has 3 nitrogen and oxygen atoms in total. The largest absolute Gasteiger partial charge is 0.481 e. The van der Waals surface area contributed by atoms with Gasteiger partial charge in [-0.25, -0.2) is 0 Å². The van der Waals surface area contributed by atoms with Crippen LogP contribution < -0.4 is 0 Å². The Morgan fingerprint density at radius 2 is 1.67 bits per heavy atom. The molecule has 0 aromatic heterocycles. The molecule has 0 radical (unpaired) electrons. The van der Waals surface area contributed by atoms with Crippen LogP contribution in [-0.2, 0) is 9.59 Å². The Morgan fingerprint density at radius 1 is 1.11 bits per heavy atom. The van der Waals surface area contributed by atoms with E-state index in [-0.39, 0.29) is 0 Å². The van der Waals surface area contributed by atoms with Crippen LogP contribution in [0.15, 0.2) is 30.3 Å². The highest BCUT2D eigenvalue weighted by molar-refractivity contribution is 5.85. The SMILES string of the molecule is O=C(O)C[C@@H](CC(=O)C(F)(F)F)c1ccccc1. The van der Waals surface area contributed by atoms with Gasteiger partial charge in [0.15, 0.2) is 0 Å². The Morgan fingerprint density at radius 3 is 2.11 bits per heavy atom. The summed E-state index contributed by atoms with van der Waals surface area (Å²) < 4.78 is 36.5. The molecule has 0 aliphatic carbocycles. The standard InChI is InChI=1S/C12H11F3O3/c13-12(14,15)10(16)6-9(7-11(17)18)8-4-2-1-3-5-8/h1-5,9H,6-7H2,(H,17,18)/t9-/m1/s1. The molecular weight excluding hydrogens is 249 g/mol. The second-order valence-electron chi connectivity index (χ2n) is 3.83.